The molecule has 0 bridgehead atoms. The maximum absolute atomic E-state index is 12.9. The van der Waals surface area contributed by atoms with Gasteiger partial charge in [0.1, 0.15) is 13.2 Å². The van der Waals surface area contributed by atoms with Crippen molar-refractivity contribution in [2.45, 2.75) is 271 Å². The van der Waals surface area contributed by atoms with Crippen LogP contribution in [-0.2, 0) is 28.6 Å². The van der Waals surface area contributed by atoms with E-state index in [1.807, 2.05) is 6.08 Å². The lowest BCUT2D eigenvalue weighted by Crippen LogP contribution is -2.30. The zero-order valence-corrected chi connectivity index (χ0v) is 50.8. The number of allylic oxidation sites excluding steroid dienone is 25. The molecule has 0 rings (SSSR count). The first kappa shape index (κ1) is 74.0. The van der Waals surface area contributed by atoms with Gasteiger partial charge in [-0.05, 0) is 122 Å². The Bertz CT molecular complexity index is 1780. The Labute approximate surface area is 486 Å². The summed E-state index contributed by atoms with van der Waals surface area (Å²) < 4.78 is 16.8. The molecule has 0 aromatic carbocycles. The van der Waals surface area contributed by atoms with Crippen molar-refractivity contribution >= 4 is 17.9 Å². The molecule has 0 aliphatic heterocycles. The molecule has 444 valence electrons. The van der Waals surface area contributed by atoms with E-state index in [0.717, 1.165) is 122 Å². The third kappa shape index (κ3) is 63.7. The fourth-order valence-corrected chi connectivity index (χ4v) is 8.38. The fraction of sp³-hybridized carbons (Fsp3) is 0.603. The number of carbonyl (C=O) groups excluding carboxylic acids is 3. The summed E-state index contributed by atoms with van der Waals surface area (Å²) >= 11 is 0. The second kappa shape index (κ2) is 65.5. The quantitative estimate of drug-likeness (QED) is 0.0261. The number of hydrogen-bond donors (Lipinski definition) is 0. The van der Waals surface area contributed by atoms with Gasteiger partial charge in [0, 0.05) is 12.8 Å². The van der Waals surface area contributed by atoms with Crippen molar-refractivity contribution < 1.29 is 28.6 Å². The molecular weight excluding hydrogens is 973 g/mol. The normalized spacial score (nSPS) is 13.2. The fourth-order valence-electron chi connectivity index (χ4n) is 8.38. The summed E-state index contributed by atoms with van der Waals surface area (Å²) in [4.78, 5) is 38.3. The molecule has 0 saturated carbocycles. The molecule has 0 aromatic rings. The van der Waals surface area contributed by atoms with E-state index in [1.165, 1.54) is 103 Å². The highest BCUT2D eigenvalue weighted by Gasteiger charge is 2.19. The summed E-state index contributed by atoms with van der Waals surface area (Å²) in [6.45, 7) is 6.21. The van der Waals surface area contributed by atoms with E-state index in [-0.39, 0.29) is 31.6 Å². The zero-order chi connectivity index (χ0) is 57.1. The van der Waals surface area contributed by atoms with Gasteiger partial charge in [-0.1, -0.05) is 281 Å². The van der Waals surface area contributed by atoms with Gasteiger partial charge < -0.3 is 14.2 Å². The molecule has 1 unspecified atom stereocenters. The average Bonchev–Trinajstić information content (AvgIpc) is 3.45. The van der Waals surface area contributed by atoms with Crippen LogP contribution in [0.2, 0.25) is 0 Å². The molecular formula is C73H116O6. The molecule has 6 heteroatoms. The number of hydrogen-bond acceptors (Lipinski definition) is 6. The predicted molar refractivity (Wildman–Crippen MR) is 343 cm³/mol. The van der Waals surface area contributed by atoms with Crippen LogP contribution in [-0.4, -0.2) is 37.2 Å². The van der Waals surface area contributed by atoms with Gasteiger partial charge in [-0.2, -0.15) is 0 Å². The van der Waals surface area contributed by atoms with Gasteiger partial charge in [0.15, 0.2) is 6.10 Å². The van der Waals surface area contributed by atoms with Gasteiger partial charge in [-0.3, -0.25) is 14.4 Å². The van der Waals surface area contributed by atoms with Crippen LogP contribution in [0.25, 0.3) is 0 Å². The van der Waals surface area contributed by atoms with Crippen LogP contribution in [0.4, 0.5) is 0 Å². The van der Waals surface area contributed by atoms with Crippen molar-refractivity contribution in [3.05, 3.63) is 158 Å². The first-order valence-corrected chi connectivity index (χ1v) is 32.0. The number of rotatable bonds is 56. The van der Waals surface area contributed by atoms with E-state index in [2.05, 4.69) is 167 Å². The van der Waals surface area contributed by atoms with Gasteiger partial charge in [0.25, 0.3) is 0 Å². The molecule has 0 spiro atoms. The summed E-state index contributed by atoms with van der Waals surface area (Å²) in [5, 5.41) is 0. The van der Waals surface area contributed by atoms with Crippen molar-refractivity contribution in [2.24, 2.45) is 0 Å². The van der Waals surface area contributed by atoms with E-state index < -0.39 is 12.1 Å². The molecule has 0 fully saturated rings. The average molecular weight is 1090 g/mol. The predicted octanol–water partition coefficient (Wildman–Crippen LogP) is 22.1. The third-order valence-corrected chi connectivity index (χ3v) is 13.0. The molecule has 0 aliphatic carbocycles. The lowest BCUT2D eigenvalue weighted by molar-refractivity contribution is -0.166. The van der Waals surface area contributed by atoms with E-state index >= 15 is 0 Å². The van der Waals surface area contributed by atoms with E-state index in [1.54, 1.807) is 6.08 Å². The van der Waals surface area contributed by atoms with Crippen molar-refractivity contribution in [3.63, 3.8) is 0 Å². The van der Waals surface area contributed by atoms with Crippen LogP contribution in [0.15, 0.2) is 158 Å². The van der Waals surface area contributed by atoms with Gasteiger partial charge in [-0.15, -0.1) is 0 Å². The van der Waals surface area contributed by atoms with Crippen LogP contribution in [0.5, 0.6) is 0 Å². The Kier molecular flexibility index (Phi) is 61.4. The summed E-state index contributed by atoms with van der Waals surface area (Å²) in [7, 11) is 0. The molecule has 0 aliphatic rings. The maximum Gasteiger partial charge on any atom is 0.309 e. The molecule has 0 saturated heterocycles. The van der Waals surface area contributed by atoms with E-state index in [9.17, 15) is 14.4 Å². The second-order valence-electron chi connectivity index (χ2n) is 20.5. The van der Waals surface area contributed by atoms with Crippen molar-refractivity contribution in [2.75, 3.05) is 13.2 Å². The Morgan fingerprint density at radius 1 is 0.266 bits per heavy atom. The molecule has 79 heavy (non-hydrogen) atoms. The molecule has 1 atom stereocenters. The van der Waals surface area contributed by atoms with Crippen LogP contribution >= 0.6 is 0 Å². The molecule has 0 heterocycles. The highest BCUT2D eigenvalue weighted by molar-refractivity contribution is 5.72. The summed E-state index contributed by atoms with van der Waals surface area (Å²) in [5.74, 6) is -1.06. The minimum Gasteiger partial charge on any atom is -0.462 e. The minimum absolute atomic E-state index is 0.118. The van der Waals surface area contributed by atoms with Crippen molar-refractivity contribution in [1.29, 1.82) is 0 Å². The molecule has 0 aromatic heterocycles. The van der Waals surface area contributed by atoms with Crippen molar-refractivity contribution in [1.82, 2.24) is 0 Å². The molecule has 0 N–H and O–H groups in total. The van der Waals surface area contributed by atoms with Gasteiger partial charge in [0.05, 0.1) is 6.42 Å². The van der Waals surface area contributed by atoms with Crippen LogP contribution < -0.4 is 0 Å². The Morgan fingerprint density at radius 3 is 0.823 bits per heavy atom. The van der Waals surface area contributed by atoms with Crippen LogP contribution in [0.1, 0.15) is 265 Å². The van der Waals surface area contributed by atoms with Crippen LogP contribution in [0.3, 0.4) is 0 Å². The van der Waals surface area contributed by atoms with Gasteiger partial charge in [0.2, 0.25) is 0 Å². The largest absolute Gasteiger partial charge is 0.462 e. The Morgan fingerprint density at radius 2 is 0.506 bits per heavy atom. The number of carbonyl (C=O) groups is 3. The second-order valence-corrected chi connectivity index (χ2v) is 20.5. The highest BCUT2D eigenvalue weighted by Crippen LogP contribution is 2.15. The maximum atomic E-state index is 12.9. The zero-order valence-electron chi connectivity index (χ0n) is 50.8. The van der Waals surface area contributed by atoms with Crippen molar-refractivity contribution in [3.8, 4) is 0 Å². The summed E-state index contributed by atoms with van der Waals surface area (Å²) in [5.41, 5.74) is 0. The number of unbranched alkanes of at least 4 members (excludes halogenated alkanes) is 20. The smallest absolute Gasteiger partial charge is 0.309 e. The lowest BCUT2D eigenvalue weighted by Gasteiger charge is -2.18. The Hall–Kier alpha value is -4.97. The molecule has 6 nitrogen and oxygen atoms in total. The SMILES string of the molecule is CC/C=C\C/C=C\C/C=C\C/C=C\C/C=C\CC(=O)OCC(COC(=O)CCCCCCCCCCCC/C=C\C/C=C\C/C=C\C/C=C\CC)OC(=O)CCCCCCCCCCCC/C=C\C/C=C\C/C=C\C/C=C\CC. The topological polar surface area (TPSA) is 78.9 Å². The minimum atomic E-state index is -0.831. The number of esters is 3. The lowest BCUT2D eigenvalue weighted by atomic mass is 10.0. The van der Waals surface area contributed by atoms with E-state index in [4.69, 9.17) is 14.2 Å². The van der Waals surface area contributed by atoms with E-state index in [0.29, 0.717) is 12.8 Å². The Balaban J connectivity index is 4.46. The first-order chi connectivity index (χ1) is 39.0. The third-order valence-electron chi connectivity index (χ3n) is 13.0. The monoisotopic (exact) mass is 1090 g/mol. The van der Waals surface area contributed by atoms with Gasteiger partial charge in [-0.25, -0.2) is 0 Å². The highest BCUT2D eigenvalue weighted by atomic mass is 16.6. The van der Waals surface area contributed by atoms with Gasteiger partial charge >= 0.3 is 17.9 Å². The van der Waals surface area contributed by atoms with Crippen LogP contribution in [0, 0.1) is 0 Å². The number of ether oxygens (including phenoxy) is 3. The first-order valence-electron chi connectivity index (χ1n) is 32.0. The summed E-state index contributed by atoms with van der Waals surface area (Å²) in [6, 6.07) is 0. The molecule has 0 radical (unpaired) electrons. The standard InChI is InChI=1S/C73H116O6/c1-4-7-10-13-16-19-22-25-28-30-32-34-36-38-40-42-45-48-51-54-57-60-63-66-72(75)78-69-70(68-77-71(74)65-62-59-56-53-50-47-44-27-24-21-18-15-12-9-6-3)79-73(76)67-64-61-58-55-52-49-46-43-41-39-37-35-33-31-29-26-23-20-17-14-11-8-5-2/h7-12,16-21,25-29,32-35,44,50,53,59,62,70H,4-6,13-15,22-24,30-31,36-43,45-49,51-52,54-58,60-61,63-69H2,1-3H3/b10-7-,11-8-,12-9-,19-16-,20-17-,21-18-,28-25-,29-26-,34-32-,35-33-,44-27-,53-50-,62-59-. The summed E-state index contributed by atoms with van der Waals surface area (Å²) in [6.07, 6.45) is 95.6. The molecule has 0 amide bonds.